The van der Waals surface area contributed by atoms with Gasteiger partial charge in [0.2, 0.25) is 0 Å². The first-order valence-corrected chi connectivity index (χ1v) is 17.3. The molecule has 0 spiro atoms. The van der Waals surface area contributed by atoms with Crippen LogP contribution in [-0.4, -0.2) is 0 Å². The fourth-order valence-corrected chi connectivity index (χ4v) is 7.05. The highest BCUT2D eigenvalue weighted by molar-refractivity contribution is 6.19. The topological polar surface area (TPSA) is 27.7 Å². The van der Waals surface area contributed by atoms with Gasteiger partial charge in [-0.15, -0.1) is 0 Å². The lowest BCUT2D eigenvalue weighted by atomic mass is 9.85. The number of hydrogen-bond donors (Lipinski definition) is 0. The van der Waals surface area contributed by atoms with Crippen LogP contribution in [0.2, 0.25) is 0 Å². The third-order valence-electron chi connectivity index (χ3n) is 9.38. The molecule has 3 nitrogen and oxygen atoms in total. The van der Waals surface area contributed by atoms with Crippen LogP contribution in [0.4, 0.5) is 0 Å². The summed E-state index contributed by atoms with van der Waals surface area (Å²) in [6.07, 6.45) is 0.751. The second kappa shape index (κ2) is 14.2. The Morgan fingerprint density at radius 3 is 1.06 bits per heavy atom. The van der Waals surface area contributed by atoms with Gasteiger partial charge in [-0.05, 0) is 33.9 Å². The van der Waals surface area contributed by atoms with Gasteiger partial charge in [0.25, 0.3) is 0 Å². The van der Waals surface area contributed by atoms with Crippen LogP contribution in [-0.2, 0) is 26.2 Å². The number of benzene rings is 8. The highest BCUT2D eigenvalue weighted by Gasteiger charge is 2.26. The summed E-state index contributed by atoms with van der Waals surface area (Å²) in [4.78, 5) is 0. The summed E-state index contributed by atoms with van der Waals surface area (Å²) in [5.41, 5.74) is 6.68. The minimum Gasteiger partial charge on any atom is -0.488 e. The molecule has 0 bridgehead atoms. The Labute approximate surface area is 293 Å². The lowest BCUT2D eigenvalue weighted by Gasteiger charge is -2.25. The summed E-state index contributed by atoms with van der Waals surface area (Å²) >= 11 is 0. The van der Waals surface area contributed by atoms with E-state index in [1.165, 1.54) is 0 Å². The van der Waals surface area contributed by atoms with Crippen molar-refractivity contribution in [1.82, 2.24) is 0 Å². The molecular weight excluding hydrogens is 613 g/mol. The molecule has 0 aliphatic heterocycles. The first-order chi connectivity index (χ1) is 24.8. The van der Waals surface area contributed by atoms with Crippen molar-refractivity contribution in [2.75, 3.05) is 0 Å². The molecule has 8 rings (SSSR count). The molecule has 0 N–H and O–H groups in total. The maximum absolute atomic E-state index is 7.00. The number of hydrogen-bond acceptors (Lipinski definition) is 3. The number of ether oxygens (including phenoxy) is 3. The standard InChI is InChI=1S/C47H38O3/c1-2-36-44(43-37-24-12-14-26-39(37)46(40-27-15-13-25-38(40)43)49-31-34-20-8-4-9-21-34)47(50-32-35-22-10-5-11-23-35)42-29-17-16-28-41(42)45(36)48-30-33-18-6-3-7-19-33/h3-29H,2,30-32H2,1H3. The average Bonchev–Trinajstić information content (AvgIpc) is 3.19. The molecule has 0 amide bonds. The van der Waals surface area contributed by atoms with E-state index in [4.69, 9.17) is 14.2 Å². The van der Waals surface area contributed by atoms with Crippen LogP contribution in [0.1, 0.15) is 29.2 Å². The Kier molecular flexibility index (Phi) is 8.87. The van der Waals surface area contributed by atoms with Gasteiger partial charge in [0.05, 0.1) is 0 Å². The van der Waals surface area contributed by atoms with Crippen LogP contribution in [0.5, 0.6) is 17.2 Å². The zero-order valence-electron chi connectivity index (χ0n) is 28.1. The zero-order chi connectivity index (χ0) is 33.7. The monoisotopic (exact) mass is 650 g/mol. The Balaban J connectivity index is 1.41. The molecule has 8 aromatic carbocycles. The Bertz CT molecular complexity index is 2340. The highest BCUT2D eigenvalue weighted by atomic mass is 16.5. The van der Waals surface area contributed by atoms with Gasteiger partial charge in [-0.3, -0.25) is 0 Å². The SMILES string of the molecule is CCc1c(-c2c3ccccc3c(OCc3ccccc3)c3ccccc23)c(OCc2ccccc2)c2ccccc2c1OCc1ccccc1. The predicted octanol–water partition coefficient (Wildman–Crippen LogP) is 12.1. The molecule has 0 radical (unpaired) electrons. The second-order valence-corrected chi connectivity index (χ2v) is 12.5. The first-order valence-electron chi connectivity index (χ1n) is 17.3. The van der Waals surface area contributed by atoms with Gasteiger partial charge < -0.3 is 14.2 Å². The van der Waals surface area contributed by atoms with Gasteiger partial charge in [0.15, 0.2) is 0 Å². The van der Waals surface area contributed by atoms with E-state index < -0.39 is 0 Å². The number of fused-ring (bicyclic) bond motifs is 3. The van der Waals surface area contributed by atoms with E-state index in [1.807, 2.05) is 18.2 Å². The van der Waals surface area contributed by atoms with E-state index in [0.717, 1.165) is 89.4 Å². The van der Waals surface area contributed by atoms with Crippen LogP contribution in [0.15, 0.2) is 164 Å². The van der Waals surface area contributed by atoms with Gasteiger partial charge >= 0.3 is 0 Å². The van der Waals surface area contributed by atoms with E-state index in [1.54, 1.807) is 0 Å². The lowest BCUT2D eigenvalue weighted by Crippen LogP contribution is -2.06. The van der Waals surface area contributed by atoms with Crippen LogP contribution in [0, 0.1) is 0 Å². The van der Waals surface area contributed by atoms with Crippen LogP contribution >= 0.6 is 0 Å². The molecular formula is C47H38O3. The summed E-state index contributed by atoms with van der Waals surface area (Å²) in [6.45, 7) is 3.60. The van der Waals surface area contributed by atoms with E-state index in [2.05, 4.69) is 153 Å². The summed E-state index contributed by atoms with van der Waals surface area (Å²) in [5, 5.41) is 6.41. The summed E-state index contributed by atoms with van der Waals surface area (Å²) in [6, 6.07) is 56.8. The van der Waals surface area contributed by atoms with E-state index >= 15 is 0 Å². The van der Waals surface area contributed by atoms with Crippen molar-refractivity contribution >= 4 is 32.3 Å². The van der Waals surface area contributed by atoms with Gasteiger partial charge in [-0.2, -0.15) is 0 Å². The van der Waals surface area contributed by atoms with Crippen molar-refractivity contribution in [2.45, 2.75) is 33.2 Å². The van der Waals surface area contributed by atoms with Crippen molar-refractivity contribution in [1.29, 1.82) is 0 Å². The fraction of sp³-hybridized carbons (Fsp3) is 0.106. The molecule has 0 heterocycles. The third kappa shape index (κ3) is 6.03. The van der Waals surface area contributed by atoms with Crippen molar-refractivity contribution < 1.29 is 14.2 Å². The Morgan fingerprint density at radius 2 is 0.640 bits per heavy atom. The van der Waals surface area contributed by atoms with Crippen molar-refractivity contribution in [3.8, 4) is 28.4 Å². The average molecular weight is 651 g/mol. The first kappa shape index (κ1) is 31.2. The van der Waals surface area contributed by atoms with E-state index in [0.29, 0.717) is 19.8 Å². The molecule has 0 unspecified atom stereocenters. The molecule has 0 atom stereocenters. The maximum Gasteiger partial charge on any atom is 0.136 e. The Morgan fingerprint density at radius 1 is 0.320 bits per heavy atom. The molecule has 3 heteroatoms. The second-order valence-electron chi connectivity index (χ2n) is 12.5. The largest absolute Gasteiger partial charge is 0.488 e. The normalized spacial score (nSPS) is 11.2. The summed E-state index contributed by atoms with van der Waals surface area (Å²) in [5.74, 6) is 2.64. The van der Waals surface area contributed by atoms with E-state index in [-0.39, 0.29) is 0 Å². The predicted molar refractivity (Wildman–Crippen MR) is 206 cm³/mol. The molecule has 0 saturated heterocycles. The Hall–Kier alpha value is -6.06. The molecule has 8 aromatic rings. The third-order valence-corrected chi connectivity index (χ3v) is 9.38. The van der Waals surface area contributed by atoms with Gasteiger partial charge in [-0.25, -0.2) is 0 Å². The maximum atomic E-state index is 7.00. The molecule has 0 aliphatic rings. The van der Waals surface area contributed by atoms with Gasteiger partial charge in [0, 0.05) is 38.2 Å². The molecule has 244 valence electrons. The van der Waals surface area contributed by atoms with Crippen molar-refractivity contribution in [3.63, 3.8) is 0 Å². The number of rotatable bonds is 11. The quantitative estimate of drug-likeness (QED) is 0.130. The van der Waals surface area contributed by atoms with Crippen molar-refractivity contribution in [3.05, 3.63) is 186 Å². The molecule has 0 aromatic heterocycles. The zero-order valence-corrected chi connectivity index (χ0v) is 28.1. The molecule has 0 fully saturated rings. The van der Waals surface area contributed by atoms with Gasteiger partial charge in [-0.1, -0.05) is 171 Å². The minimum atomic E-state index is 0.444. The fourth-order valence-electron chi connectivity index (χ4n) is 7.05. The highest BCUT2D eigenvalue weighted by Crippen LogP contribution is 2.52. The smallest absolute Gasteiger partial charge is 0.136 e. The lowest BCUT2D eigenvalue weighted by molar-refractivity contribution is 0.301. The minimum absolute atomic E-state index is 0.444. The molecule has 0 aliphatic carbocycles. The molecule has 0 saturated carbocycles. The summed E-state index contributed by atoms with van der Waals surface area (Å²) < 4.78 is 20.6. The van der Waals surface area contributed by atoms with Crippen LogP contribution < -0.4 is 14.2 Å². The molecule has 50 heavy (non-hydrogen) atoms. The van der Waals surface area contributed by atoms with Gasteiger partial charge in [0.1, 0.15) is 37.1 Å². The van der Waals surface area contributed by atoms with E-state index in [9.17, 15) is 0 Å². The van der Waals surface area contributed by atoms with Crippen LogP contribution in [0.3, 0.4) is 0 Å². The summed E-state index contributed by atoms with van der Waals surface area (Å²) in [7, 11) is 0. The van der Waals surface area contributed by atoms with Crippen LogP contribution in [0.25, 0.3) is 43.4 Å². The van der Waals surface area contributed by atoms with Crippen molar-refractivity contribution in [2.24, 2.45) is 0 Å².